The number of anilines is 1. The normalized spacial score (nSPS) is 16.4. The van der Waals surface area contributed by atoms with Crippen molar-refractivity contribution in [3.63, 3.8) is 0 Å². The van der Waals surface area contributed by atoms with E-state index in [-0.39, 0.29) is 36.5 Å². The number of nitrogens with zero attached hydrogens (tertiary/aromatic N) is 2. The van der Waals surface area contributed by atoms with Crippen molar-refractivity contribution in [1.29, 1.82) is 0 Å². The van der Waals surface area contributed by atoms with Gasteiger partial charge in [0.05, 0.1) is 28.3 Å². The number of hydrogen-bond acceptors (Lipinski definition) is 4. The number of likely N-dealkylation sites (N-methyl/N-ethyl adjacent to an activating group) is 1. The number of halogens is 3. The maximum Gasteiger partial charge on any atom is 0.417 e. The minimum atomic E-state index is -4.70. The van der Waals surface area contributed by atoms with Gasteiger partial charge in [0.15, 0.2) is 0 Å². The summed E-state index contributed by atoms with van der Waals surface area (Å²) in [5.74, 6) is -3.11. The molecule has 1 aliphatic rings. The van der Waals surface area contributed by atoms with Gasteiger partial charge in [-0.05, 0) is 37.3 Å². The largest absolute Gasteiger partial charge is 0.417 e. The first-order chi connectivity index (χ1) is 19.3. The quantitative estimate of drug-likeness (QED) is 0.362. The molecule has 2 aromatic carbocycles. The van der Waals surface area contributed by atoms with Gasteiger partial charge in [0.1, 0.15) is 0 Å². The van der Waals surface area contributed by atoms with E-state index in [1.807, 2.05) is 13.8 Å². The van der Waals surface area contributed by atoms with Crippen LogP contribution in [0.3, 0.4) is 0 Å². The SMILES string of the molecule is C=CCC(CC=C)(C(N)=O)[C@@H](CC(C)C)C(=O)NC1N=C(c2ccccc2C(F)(F)F)c2ccccc2N(C)C1=O. The molecule has 0 saturated carbocycles. The fraction of sp³-hybridized carbons (Fsp3) is 0.355. The third-order valence-corrected chi connectivity index (χ3v) is 7.31. The van der Waals surface area contributed by atoms with Crippen LogP contribution in [-0.4, -0.2) is 36.6 Å². The zero-order chi connectivity index (χ0) is 30.5. The molecule has 1 unspecified atom stereocenters. The predicted octanol–water partition coefficient (Wildman–Crippen LogP) is 5.25. The lowest BCUT2D eigenvalue weighted by atomic mass is 9.66. The molecule has 0 aliphatic carbocycles. The fourth-order valence-corrected chi connectivity index (χ4v) is 5.31. The summed E-state index contributed by atoms with van der Waals surface area (Å²) in [6, 6.07) is 11.4. The number of primary amides is 1. The number of benzodiazepines with no additional fused rings is 1. The molecule has 2 atom stereocenters. The van der Waals surface area contributed by atoms with E-state index in [0.29, 0.717) is 11.3 Å². The number of rotatable bonds is 11. The number of nitrogens with one attached hydrogen (secondary N) is 1. The topological polar surface area (TPSA) is 105 Å². The van der Waals surface area contributed by atoms with Gasteiger partial charge in [-0.1, -0.05) is 62.4 Å². The van der Waals surface area contributed by atoms with Crippen LogP contribution >= 0.6 is 0 Å². The molecular formula is C31H35F3N4O3. The molecule has 1 heterocycles. The second-order valence-electron chi connectivity index (χ2n) is 10.5. The Hall–Kier alpha value is -4.21. The molecule has 0 saturated heterocycles. The average molecular weight is 569 g/mol. The molecule has 1 aliphatic heterocycles. The average Bonchev–Trinajstić information content (AvgIpc) is 3.01. The van der Waals surface area contributed by atoms with E-state index in [0.717, 1.165) is 6.07 Å². The van der Waals surface area contributed by atoms with Gasteiger partial charge in [0.2, 0.25) is 18.0 Å². The second-order valence-corrected chi connectivity index (χ2v) is 10.5. The third-order valence-electron chi connectivity index (χ3n) is 7.31. The van der Waals surface area contributed by atoms with Crippen LogP contribution in [0.25, 0.3) is 0 Å². The van der Waals surface area contributed by atoms with E-state index in [4.69, 9.17) is 5.73 Å². The molecule has 3 N–H and O–H groups in total. The minimum Gasteiger partial charge on any atom is -0.369 e. The Labute approximate surface area is 238 Å². The lowest BCUT2D eigenvalue weighted by molar-refractivity contribution is -0.142. The van der Waals surface area contributed by atoms with Crippen LogP contribution in [0.4, 0.5) is 18.9 Å². The number of carbonyl (C=O) groups excluding carboxylic acids is 3. The zero-order valence-corrected chi connectivity index (χ0v) is 23.4. The van der Waals surface area contributed by atoms with Gasteiger partial charge in [-0.3, -0.25) is 14.4 Å². The van der Waals surface area contributed by atoms with Crippen molar-refractivity contribution in [2.75, 3.05) is 11.9 Å². The molecule has 0 aromatic heterocycles. The van der Waals surface area contributed by atoms with E-state index < -0.39 is 47.0 Å². The first kappa shape index (κ1) is 31.3. The van der Waals surface area contributed by atoms with Crippen LogP contribution in [0, 0.1) is 17.3 Å². The number of allylic oxidation sites excluding steroid dienone is 2. The Morgan fingerprint density at radius 2 is 1.61 bits per heavy atom. The van der Waals surface area contributed by atoms with Crippen molar-refractivity contribution in [3.05, 3.63) is 90.5 Å². The van der Waals surface area contributed by atoms with Crippen LogP contribution in [-0.2, 0) is 20.6 Å². The Kier molecular flexibility index (Phi) is 9.57. The summed E-state index contributed by atoms with van der Waals surface area (Å²) in [6.45, 7) is 11.2. The van der Waals surface area contributed by atoms with Gasteiger partial charge in [-0.25, -0.2) is 4.99 Å². The van der Waals surface area contributed by atoms with Crippen LogP contribution < -0.4 is 16.0 Å². The zero-order valence-electron chi connectivity index (χ0n) is 23.4. The molecule has 3 rings (SSSR count). The van der Waals surface area contributed by atoms with Crippen LogP contribution in [0.5, 0.6) is 0 Å². The summed E-state index contributed by atoms with van der Waals surface area (Å²) in [5.41, 5.74) is 3.82. The van der Waals surface area contributed by atoms with E-state index in [9.17, 15) is 27.6 Å². The number of hydrogen-bond donors (Lipinski definition) is 2. The van der Waals surface area contributed by atoms with E-state index in [2.05, 4.69) is 23.5 Å². The molecule has 2 aromatic rings. The van der Waals surface area contributed by atoms with Crippen molar-refractivity contribution in [1.82, 2.24) is 5.32 Å². The monoisotopic (exact) mass is 568 g/mol. The standard InChI is InChI=1S/C31H35F3N4O3/c1-6-16-30(17-7-2,29(35)41)23(18-19(3)4)27(39)37-26-28(40)38(5)24-15-11-9-13-21(24)25(36-26)20-12-8-10-14-22(20)31(32,33)34/h6-15,19,23,26H,1-2,16-18H2,3-5H3,(H2,35,41)(H,37,39)/t23-,26?/m0/s1. The Morgan fingerprint density at radius 1 is 1.05 bits per heavy atom. The van der Waals surface area contributed by atoms with Gasteiger partial charge in [-0.15, -0.1) is 13.2 Å². The molecule has 3 amide bonds. The molecule has 10 heteroatoms. The molecule has 0 spiro atoms. The first-order valence-corrected chi connectivity index (χ1v) is 13.2. The minimum absolute atomic E-state index is 0.0476. The Morgan fingerprint density at radius 3 is 2.15 bits per heavy atom. The Balaban J connectivity index is 2.20. The van der Waals surface area contributed by atoms with Crippen molar-refractivity contribution in [3.8, 4) is 0 Å². The predicted molar refractivity (Wildman–Crippen MR) is 153 cm³/mol. The molecule has 218 valence electrons. The third kappa shape index (κ3) is 6.42. The maximum absolute atomic E-state index is 14.1. The highest BCUT2D eigenvalue weighted by molar-refractivity contribution is 6.20. The first-order valence-electron chi connectivity index (χ1n) is 13.2. The molecule has 7 nitrogen and oxygen atoms in total. The number of benzene rings is 2. The number of alkyl halides is 3. The highest BCUT2D eigenvalue weighted by Gasteiger charge is 2.47. The van der Waals surface area contributed by atoms with Crippen LogP contribution in [0.15, 0.2) is 78.8 Å². The second kappa shape index (κ2) is 12.5. The fourth-order valence-electron chi connectivity index (χ4n) is 5.31. The van der Waals surface area contributed by atoms with Gasteiger partial charge in [0.25, 0.3) is 5.91 Å². The summed E-state index contributed by atoms with van der Waals surface area (Å²) in [7, 11) is 1.46. The van der Waals surface area contributed by atoms with Gasteiger partial charge < -0.3 is 16.0 Å². The summed E-state index contributed by atoms with van der Waals surface area (Å²) in [6.07, 6.45) is -2.88. The molecule has 41 heavy (non-hydrogen) atoms. The van der Waals surface area contributed by atoms with Gasteiger partial charge >= 0.3 is 6.18 Å². The highest BCUT2D eigenvalue weighted by Crippen LogP contribution is 2.41. The summed E-state index contributed by atoms with van der Waals surface area (Å²) >= 11 is 0. The number of amides is 3. The molecule has 0 radical (unpaired) electrons. The number of nitrogens with two attached hydrogens (primary N) is 1. The van der Waals surface area contributed by atoms with Crippen molar-refractivity contribution < 1.29 is 27.6 Å². The van der Waals surface area contributed by atoms with E-state index in [1.165, 1.54) is 42.3 Å². The lowest BCUT2D eigenvalue weighted by Crippen LogP contribution is -2.54. The number of aliphatic imine (C=N–C) groups is 1. The van der Waals surface area contributed by atoms with E-state index >= 15 is 0 Å². The maximum atomic E-state index is 14.1. The van der Waals surface area contributed by atoms with Crippen LogP contribution in [0.2, 0.25) is 0 Å². The van der Waals surface area contributed by atoms with Gasteiger partial charge in [0, 0.05) is 18.2 Å². The van der Waals surface area contributed by atoms with Crippen molar-refractivity contribution >= 4 is 29.1 Å². The Bertz CT molecular complexity index is 1360. The smallest absolute Gasteiger partial charge is 0.369 e. The lowest BCUT2D eigenvalue weighted by Gasteiger charge is -2.37. The van der Waals surface area contributed by atoms with Crippen LogP contribution in [0.1, 0.15) is 49.8 Å². The van der Waals surface area contributed by atoms with Crippen molar-refractivity contribution in [2.45, 2.75) is 45.5 Å². The highest BCUT2D eigenvalue weighted by atomic mass is 19.4. The number of para-hydroxylation sites is 1. The van der Waals surface area contributed by atoms with Crippen molar-refractivity contribution in [2.24, 2.45) is 28.0 Å². The number of carbonyl (C=O) groups is 3. The summed E-state index contributed by atoms with van der Waals surface area (Å²) in [5, 5.41) is 2.64. The summed E-state index contributed by atoms with van der Waals surface area (Å²) < 4.78 is 42.2. The van der Waals surface area contributed by atoms with Gasteiger partial charge in [-0.2, -0.15) is 13.2 Å². The molecule has 0 fully saturated rings. The molecule has 0 bridgehead atoms. The molecular weight excluding hydrogens is 533 g/mol. The number of fused-ring (bicyclic) bond motifs is 1. The van der Waals surface area contributed by atoms with E-state index in [1.54, 1.807) is 24.3 Å². The summed E-state index contributed by atoms with van der Waals surface area (Å²) in [4.78, 5) is 46.1.